The van der Waals surface area contributed by atoms with E-state index in [-0.39, 0.29) is 0 Å². The van der Waals surface area contributed by atoms with E-state index in [1.165, 1.54) is 5.56 Å². The van der Waals surface area contributed by atoms with Crippen LogP contribution in [0, 0.1) is 0 Å². The first-order valence-electron chi connectivity index (χ1n) is 3.86. The molecule has 0 aliphatic heterocycles. The van der Waals surface area contributed by atoms with Crippen molar-refractivity contribution in [2.75, 3.05) is 0 Å². The SMILES string of the molecule is C=C/C=C/OCc1ccccc1. The smallest absolute Gasteiger partial charge is 0.112 e. The molecule has 1 heteroatoms. The third-order valence-corrected chi connectivity index (χ3v) is 1.40. The fraction of sp³-hybridized carbons (Fsp3) is 0.0909. The fourth-order valence-corrected chi connectivity index (χ4v) is 0.830. The molecule has 62 valence electrons. The van der Waals surface area contributed by atoms with Gasteiger partial charge in [-0.15, -0.1) is 0 Å². The summed E-state index contributed by atoms with van der Waals surface area (Å²) in [5.41, 5.74) is 1.17. The molecule has 0 spiro atoms. The lowest BCUT2D eigenvalue weighted by molar-refractivity contribution is 0.236. The van der Waals surface area contributed by atoms with Crippen molar-refractivity contribution >= 4 is 0 Å². The van der Waals surface area contributed by atoms with E-state index < -0.39 is 0 Å². The summed E-state index contributed by atoms with van der Waals surface area (Å²) in [5.74, 6) is 0. The second-order valence-electron chi connectivity index (χ2n) is 2.36. The Balaban J connectivity index is 2.33. The summed E-state index contributed by atoms with van der Waals surface area (Å²) < 4.78 is 5.21. The van der Waals surface area contributed by atoms with Crippen LogP contribution in [-0.2, 0) is 11.3 Å². The van der Waals surface area contributed by atoms with Crippen LogP contribution in [0.3, 0.4) is 0 Å². The summed E-state index contributed by atoms with van der Waals surface area (Å²) in [6.45, 7) is 4.15. The molecular weight excluding hydrogens is 148 g/mol. The summed E-state index contributed by atoms with van der Waals surface area (Å²) in [6, 6.07) is 10.0. The average molecular weight is 160 g/mol. The second kappa shape index (κ2) is 5.19. The number of benzene rings is 1. The first-order valence-corrected chi connectivity index (χ1v) is 3.86. The van der Waals surface area contributed by atoms with Crippen LogP contribution in [0.4, 0.5) is 0 Å². The Labute approximate surface area is 73.0 Å². The minimum atomic E-state index is 0.616. The van der Waals surface area contributed by atoms with E-state index in [2.05, 4.69) is 6.58 Å². The van der Waals surface area contributed by atoms with Gasteiger partial charge in [-0.25, -0.2) is 0 Å². The van der Waals surface area contributed by atoms with E-state index in [1.54, 1.807) is 18.4 Å². The molecule has 0 bridgehead atoms. The molecule has 0 aliphatic carbocycles. The Morgan fingerprint density at radius 1 is 1.25 bits per heavy atom. The van der Waals surface area contributed by atoms with E-state index in [0.29, 0.717) is 6.61 Å². The van der Waals surface area contributed by atoms with Gasteiger partial charge in [-0.2, -0.15) is 0 Å². The summed E-state index contributed by atoms with van der Waals surface area (Å²) in [7, 11) is 0. The zero-order valence-electron chi connectivity index (χ0n) is 6.94. The lowest BCUT2D eigenvalue weighted by Crippen LogP contribution is -1.84. The number of ether oxygens (including phenoxy) is 1. The molecular formula is C11H12O. The highest BCUT2D eigenvalue weighted by molar-refractivity contribution is 5.13. The summed E-state index contributed by atoms with van der Waals surface area (Å²) in [4.78, 5) is 0. The zero-order valence-corrected chi connectivity index (χ0v) is 6.94. The van der Waals surface area contributed by atoms with Crippen molar-refractivity contribution in [3.8, 4) is 0 Å². The lowest BCUT2D eigenvalue weighted by atomic mass is 10.2. The number of hydrogen-bond acceptors (Lipinski definition) is 1. The van der Waals surface area contributed by atoms with E-state index in [4.69, 9.17) is 4.74 Å². The van der Waals surface area contributed by atoms with Gasteiger partial charge in [0.25, 0.3) is 0 Å². The molecule has 0 fully saturated rings. The van der Waals surface area contributed by atoms with Crippen LogP contribution in [0.5, 0.6) is 0 Å². The van der Waals surface area contributed by atoms with E-state index in [1.807, 2.05) is 30.3 Å². The van der Waals surface area contributed by atoms with Crippen molar-refractivity contribution in [1.29, 1.82) is 0 Å². The van der Waals surface area contributed by atoms with Crippen LogP contribution in [0.15, 0.2) is 55.3 Å². The van der Waals surface area contributed by atoms with Gasteiger partial charge in [-0.05, 0) is 11.6 Å². The Bertz CT molecular complexity index is 249. The molecule has 0 unspecified atom stereocenters. The summed E-state index contributed by atoms with van der Waals surface area (Å²) in [6.07, 6.45) is 5.09. The molecule has 0 radical (unpaired) electrons. The quantitative estimate of drug-likeness (QED) is 0.486. The molecule has 0 saturated heterocycles. The minimum Gasteiger partial charge on any atom is -0.497 e. The molecule has 0 heterocycles. The maximum absolute atomic E-state index is 5.21. The van der Waals surface area contributed by atoms with Gasteiger partial charge in [0, 0.05) is 0 Å². The highest BCUT2D eigenvalue weighted by Crippen LogP contribution is 2.00. The van der Waals surface area contributed by atoms with Gasteiger partial charge >= 0.3 is 0 Å². The molecule has 0 saturated carbocycles. The molecule has 0 aromatic heterocycles. The second-order valence-corrected chi connectivity index (χ2v) is 2.36. The lowest BCUT2D eigenvalue weighted by Gasteiger charge is -1.98. The molecule has 0 N–H and O–H groups in total. The van der Waals surface area contributed by atoms with Crippen LogP contribution in [0.1, 0.15) is 5.56 Å². The molecule has 1 aromatic carbocycles. The topological polar surface area (TPSA) is 9.23 Å². The van der Waals surface area contributed by atoms with Crippen LogP contribution in [-0.4, -0.2) is 0 Å². The van der Waals surface area contributed by atoms with Gasteiger partial charge in [-0.1, -0.05) is 43.0 Å². The average Bonchev–Trinajstić information content (AvgIpc) is 2.14. The van der Waals surface area contributed by atoms with Crippen molar-refractivity contribution < 1.29 is 4.74 Å². The Hall–Kier alpha value is -1.50. The zero-order chi connectivity index (χ0) is 8.65. The molecule has 0 atom stereocenters. The molecule has 0 aliphatic rings. The largest absolute Gasteiger partial charge is 0.497 e. The third-order valence-electron chi connectivity index (χ3n) is 1.40. The standard InChI is InChI=1S/C11H12O/c1-2-3-9-12-10-11-7-5-4-6-8-11/h2-9H,1,10H2/b9-3+. The fourth-order valence-electron chi connectivity index (χ4n) is 0.830. The van der Waals surface area contributed by atoms with Crippen molar-refractivity contribution in [1.82, 2.24) is 0 Å². The van der Waals surface area contributed by atoms with Crippen molar-refractivity contribution in [2.24, 2.45) is 0 Å². The Morgan fingerprint density at radius 2 is 2.00 bits per heavy atom. The Kier molecular flexibility index (Phi) is 3.72. The number of allylic oxidation sites excluding steroid dienone is 2. The minimum absolute atomic E-state index is 0.616. The van der Waals surface area contributed by atoms with Crippen LogP contribution >= 0.6 is 0 Å². The van der Waals surface area contributed by atoms with Crippen molar-refractivity contribution in [3.05, 3.63) is 60.9 Å². The molecule has 0 amide bonds. The van der Waals surface area contributed by atoms with Gasteiger partial charge in [0.2, 0.25) is 0 Å². The number of rotatable bonds is 4. The van der Waals surface area contributed by atoms with Crippen LogP contribution in [0.25, 0.3) is 0 Å². The monoisotopic (exact) mass is 160 g/mol. The number of hydrogen-bond donors (Lipinski definition) is 0. The maximum atomic E-state index is 5.21. The summed E-state index contributed by atoms with van der Waals surface area (Å²) >= 11 is 0. The van der Waals surface area contributed by atoms with Crippen molar-refractivity contribution in [2.45, 2.75) is 6.61 Å². The normalized spacial score (nSPS) is 10.0. The highest BCUT2D eigenvalue weighted by atomic mass is 16.5. The molecule has 1 nitrogen and oxygen atoms in total. The molecule has 1 rings (SSSR count). The maximum Gasteiger partial charge on any atom is 0.112 e. The van der Waals surface area contributed by atoms with Gasteiger partial charge in [0.1, 0.15) is 6.61 Å². The van der Waals surface area contributed by atoms with Gasteiger partial charge in [0.15, 0.2) is 0 Å². The molecule has 12 heavy (non-hydrogen) atoms. The van der Waals surface area contributed by atoms with Gasteiger partial charge in [-0.3, -0.25) is 0 Å². The third kappa shape index (κ3) is 3.06. The van der Waals surface area contributed by atoms with E-state index >= 15 is 0 Å². The first kappa shape index (κ1) is 8.60. The van der Waals surface area contributed by atoms with Crippen LogP contribution in [0.2, 0.25) is 0 Å². The van der Waals surface area contributed by atoms with Crippen LogP contribution < -0.4 is 0 Å². The Morgan fingerprint density at radius 3 is 2.67 bits per heavy atom. The van der Waals surface area contributed by atoms with E-state index in [9.17, 15) is 0 Å². The summed E-state index contributed by atoms with van der Waals surface area (Å²) in [5, 5.41) is 0. The molecule has 1 aromatic rings. The van der Waals surface area contributed by atoms with Gasteiger partial charge in [0.05, 0.1) is 6.26 Å². The predicted octanol–water partition coefficient (Wildman–Crippen LogP) is 2.90. The predicted molar refractivity (Wildman–Crippen MR) is 50.6 cm³/mol. The van der Waals surface area contributed by atoms with Gasteiger partial charge < -0.3 is 4.74 Å². The van der Waals surface area contributed by atoms with E-state index in [0.717, 1.165) is 0 Å². The van der Waals surface area contributed by atoms with Crippen molar-refractivity contribution in [3.63, 3.8) is 0 Å². The highest BCUT2D eigenvalue weighted by Gasteiger charge is 1.86. The first-order chi connectivity index (χ1) is 5.93.